The maximum Gasteiger partial charge on any atom is 0.280 e. The molecule has 1 aromatic heterocycles. The van der Waals surface area contributed by atoms with Crippen molar-refractivity contribution in [2.24, 2.45) is 10.9 Å². The van der Waals surface area contributed by atoms with Crippen LogP contribution < -0.4 is 5.32 Å². The zero-order valence-electron chi connectivity index (χ0n) is 15.7. The molecule has 1 aromatic rings. The summed E-state index contributed by atoms with van der Waals surface area (Å²) in [4.78, 5) is 38.8. The summed E-state index contributed by atoms with van der Waals surface area (Å²) in [7, 11) is 5.61. The van der Waals surface area contributed by atoms with Gasteiger partial charge in [-0.15, -0.1) is 11.3 Å². The summed E-state index contributed by atoms with van der Waals surface area (Å²) >= 11 is 1.47. The molecule has 2 amide bonds. The second-order valence-electron chi connectivity index (χ2n) is 7.45. The molecule has 142 valence electrons. The maximum absolute atomic E-state index is 12.7. The van der Waals surface area contributed by atoms with Crippen LogP contribution >= 0.6 is 11.3 Å². The Kier molecular flexibility index (Phi) is 5.72. The van der Waals surface area contributed by atoms with Crippen molar-refractivity contribution in [2.45, 2.75) is 44.3 Å². The molecule has 0 spiro atoms. The Balaban J connectivity index is 1.70. The van der Waals surface area contributed by atoms with E-state index in [9.17, 15) is 9.59 Å². The van der Waals surface area contributed by atoms with Crippen molar-refractivity contribution in [3.05, 3.63) is 15.6 Å². The first-order valence-electron chi connectivity index (χ1n) is 9.04. The van der Waals surface area contributed by atoms with Crippen molar-refractivity contribution >= 4 is 29.9 Å². The van der Waals surface area contributed by atoms with Gasteiger partial charge in [0, 0.05) is 44.4 Å². The lowest BCUT2D eigenvalue weighted by atomic mass is 9.81. The van der Waals surface area contributed by atoms with Crippen LogP contribution in [0, 0.1) is 5.92 Å². The molecule has 1 N–H and O–H groups in total. The van der Waals surface area contributed by atoms with Crippen molar-refractivity contribution in [3.8, 4) is 0 Å². The van der Waals surface area contributed by atoms with Crippen molar-refractivity contribution in [1.82, 2.24) is 20.1 Å². The number of hydrogen-bond donors (Lipinski definition) is 1. The Morgan fingerprint density at radius 3 is 2.85 bits per heavy atom. The average Bonchev–Trinajstić information content (AvgIpc) is 3.04. The van der Waals surface area contributed by atoms with E-state index in [4.69, 9.17) is 0 Å². The molecule has 1 saturated carbocycles. The van der Waals surface area contributed by atoms with E-state index in [1.807, 2.05) is 0 Å². The third-order valence-corrected chi connectivity index (χ3v) is 6.35. The zero-order valence-corrected chi connectivity index (χ0v) is 16.5. The number of rotatable bonds is 4. The molecule has 2 aliphatic rings. The molecular weight excluding hydrogens is 350 g/mol. The van der Waals surface area contributed by atoms with Gasteiger partial charge >= 0.3 is 0 Å². The Labute approximate surface area is 158 Å². The minimum absolute atomic E-state index is 0.0501. The summed E-state index contributed by atoms with van der Waals surface area (Å²) in [5.74, 6) is -0.130. The van der Waals surface area contributed by atoms with Gasteiger partial charge in [-0.2, -0.15) is 0 Å². The molecule has 0 unspecified atom stereocenters. The fraction of sp³-hybridized carbons (Fsp3) is 0.667. The van der Waals surface area contributed by atoms with Crippen LogP contribution in [0.3, 0.4) is 0 Å². The summed E-state index contributed by atoms with van der Waals surface area (Å²) in [6.07, 6.45) is 3.03. The van der Waals surface area contributed by atoms with Gasteiger partial charge < -0.3 is 15.1 Å². The van der Waals surface area contributed by atoms with Crippen LogP contribution in [0.4, 0.5) is 0 Å². The van der Waals surface area contributed by atoms with Crippen molar-refractivity contribution in [3.63, 3.8) is 0 Å². The lowest BCUT2D eigenvalue weighted by molar-refractivity contribution is -0.134. The third kappa shape index (κ3) is 3.96. The fourth-order valence-electron chi connectivity index (χ4n) is 3.77. The molecule has 3 rings (SSSR count). The number of aliphatic imine (C=N–C) groups is 1. The van der Waals surface area contributed by atoms with Crippen LogP contribution in [0.5, 0.6) is 0 Å². The number of carbonyl (C=O) groups is 2. The van der Waals surface area contributed by atoms with E-state index in [1.54, 1.807) is 19.0 Å². The summed E-state index contributed by atoms with van der Waals surface area (Å²) in [6.45, 7) is 5.48. The molecular formula is C18H27N5O2S. The first-order valence-corrected chi connectivity index (χ1v) is 9.85. The molecule has 0 aromatic carbocycles. The fourth-order valence-corrected chi connectivity index (χ4v) is 4.86. The number of hydrogen-bond acceptors (Lipinski definition) is 6. The van der Waals surface area contributed by atoms with Crippen LogP contribution in [0.15, 0.2) is 4.99 Å². The van der Waals surface area contributed by atoms with Crippen LogP contribution in [0.25, 0.3) is 0 Å². The molecule has 1 fully saturated rings. The van der Waals surface area contributed by atoms with Gasteiger partial charge in [-0.1, -0.05) is 0 Å². The van der Waals surface area contributed by atoms with E-state index in [2.05, 4.69) is 34.0 Å². The van der Waals surface area contributed by atoms with Crippen LogP contribution in [0.2, 0.25) is 0 Å². The zero-order chi connectivity index (χ0) is 18.8. The van der Waals surface area contributed by atoms with Gasteiger partial charge in [-0.3, -0.25) is 14.6 Å². The number of amides is 2. The summed E-state index contributed by atoms with van der Waals surface area (Å²) in [5.41, 5.74) is 1.04. The molecule has 7 nitrogen and oxygen atoms in total. The molecule has 0 radical (unpaired) electrons. The smallest absolute Gasteiger partial charge is 0.280 e. The molecule has 8 heteroatoms. The highest BCUT2D eigenvalue weighted by molar-refractivity contribution is 7.13. The lowest BCUT2D eigenvalue weighted by Crippen LogP contribution is -2.48. The lowest BCUT2D eigenvalue weighted by Gasteiger charge is -2.34. The number of nitrogens with one attached hydrogen (secondary N) is 1. The monoisotopic (exact) mass is 377 g/mol. The number of aromatic nitrogens is 1. The summed E-state index contributed by atoms with van der Waals surface area (Å²) in [5, 5.41) is 3.58. The van der Waals surface area contributed by atoms with Crippen molar-refractivity contribution in [1.29, 1.82) is 0 Å². The van der Waals surface area contributed by atoms with Gasteiger partial charge in [0.15, 0.2) is 5.01 Å². The number of nitrogens with zero attached hydrogens (tertiary/aromatic N) is 4. The highest BCUT2D eigenvalue weighted by atomic mass is 32.1. The number of thiazole rings is 1. The Bertz CT molecular complexity index is 702. The predicted molar refractivity (Wildman–Crippen MR) is 103 cm³/mol. The second kappa shape index (κ2) is 7.84. The Morgan fingerprint density at radius 1 is 1.38 bits per heavy atom. The van der Waals surface area contributed by atoms with Crippen LogP contribution in [0.1, 0.15) is 39.6 Å². The van der Waals surface area contributed by atoms with E-state index < -0.39 is 0 Å². The Hall–Kier alpha value is -1.80. The van der Waals surface area contributed by atoms with Gasteiger partial charge in [-0.25, -0.2) is 4.98 Å². The highest BCUT2D eigenvalue weighted by Crippen LogP contribution is 2.29. The first-order chi connectivity index (χ1) is 12.4. The van der Waals surface area contributed by atoms with Crippen LogP contribution in [-0.2, 0) is 17.8 Å². The SMILES string of the molecule is C=N[C@@H]1CC[C@H](C(=O)N(C)C)C[C@H]1NC(=O)c1nc2c(s1)CN(C)CC2. The largest absolute Gasteiger partial charge is 0.349 e. The maximum atomic E-state index is 12.7. The topological polar surface area (TPSA) is 77.9 Å². The van der Waals surface area contributed by atoms with Gasteiger partial charge in [0.05, 0.1) is 17.8 Å². The van der Waals surface area contributed by atoms with E-state index in [1.165, 1.54) is 16.2 Å². The summed E-state index contributed by atoms with van der Waals surface area (Å²) < 4.78 is 0. The quantitative estimate of drug-likeness (QED) is 0.800. The molecule has 2 heterocycles. The van der Waals surface area contributed by atoms with Gasteiger partial charge in [0.1, 0.15) is 0 Å². The molecule has 26 heavy (non-hydrogen) atoms. The van der Waals surface area contributed by atoms with Crippen molar-refractivity contribution in [2.75, 3.05) is 27.7 Å². The van der Waals surface area contributed by atoms with Crippen LogP contribution in [-0.4, -0.2) is 73.1 Å². The van der Waals surface area contributed by atoms with Gasteiger partial charge in [-0.05, 0) is 33.0 Å². The van der Waals surface area contributed by atoms with Crippen molar-refractivity contribution < 1.29 is 9.59 Å². The van der Waals surface area contributed by atoms with Gasteiger partial charge in [0.2, 0.25) is 5.91 Å². The van der Waals surface area contributed by atoms with E-state index >= 15 is 0 Å². The minimum atomic E-state index is -0.175. The van der Waals surface area contributed by atoms with E-state index in [0.717, 1.165) is 38.0 Å². The normalized spacial score (nSPS) is 26.0. The van der Waals surface area contributed by atoms with E-state index in [-0.39, 0.29) is 29.8 Å². The molecule has 0 saturated heterocycles. The predicted octanol–water partition coefficient (Wildman–Crippen LogP) is 1.19. The molecule has 1 aliphatic carbocycles. The highest BCUT2D eigenvalue weighted by Gasteiger charge is 2.35. The number of carbonyl (C=O) groups excluding carboxylic acids is 2. The third-order valence-electron chi connectivity index (χ3n) is 5.27. The van der Waals surface area contributed by atoms with E-state index in [0.29, 0.717) is 11.4 Å². The number of likely N-dealkylation sites (N-methyl/N-ethyl adjacent to an activating group) is 1. The second-order valence-corrected chi connectivity index (χ2v) is 8.53. The van der Waals surface area contributed by atoms with Gasteiger partial charge in [0.25, 0.3) is 5.91 Å². The standard InChI is InChI=1S/C18H27N5O2S/c1-19-12-6-5-11(18(25)22(2)3)9-14(12)20-16(24)17-21-13-7-8-23(4)10-15(13)26-17/h11-12,14H,1,5-10H2,2-4H3,(H,20,24)/t11-,12+,14+/m0/s1. The summed E-state index contributed by atoms with van der Waals surface area (Å²) in [6, 6.07) is -0.225. The minimum Gasteiger partial charge on any atom is -0.349 e. The molecule has 1 aliphatic heterocycles. The average molecular weight is 378 g/mol. The Morgan fingerprint density at radius 2 is 2.15 bits per heavy atom. The number of fused-ring (bicyclic) bond motifs is 1. The molecule has 0 bridgehead atoms. The molecule has 3 atom stereocenters. The first kappa shape index (κ1) is 19.0.